The summed E-state index contributed by atoms with van der Waals surface area (Å²) in [5, 5.41) is 8.93. The zero-order valence-electron chi connectivity index (χ0n) is 10.4. The van der Waals surface area contributed by atoms with E-state index in [1.165, 1.54) is 16.9 Å². The first-order valence-electron chi connectivity index (χ1n) is 5.86. The van der Waals surface area contributed by atoms with Gasteiger partial charge in [0.1, 0.15) is 5.75 Å². The highest BCUT2D eigenvalue weighted by Crippen LogP contribution is 2.19. The van der Waals surface area contributed by atoms with E-state index in [2.05, 4.69) is 0 Å². The van der Waals surface area contributed by atoms with Crippen LogP contribution >= 0.6 is 0 Å². The van der Waals surface area contributed by atoms with Crippen molar-refractivity contribution in [2.45, 2.75) is 6.92 Å². The normalized spacial score (nSPS) is 9.95. The van der Waals surface area contributed by atoms with Crippen molar-refractivity contribution in [3.63, 3.8) is 0 Å². The fourth-order valence-electron chi connectivity index (χ4n) is 1.55. The molecule has 2 aromatic rings. The van der Waals surface area contributed by atoms with Crippen LogP contribution in [0.5, 0.6) is 11.6 Å². The van der Waals surface area contributed by atoms with Crippen LogP contribution in [0.4, 0.5) is 0 Å². The van der Waals surface area contributed by atoms with E-state index in [-0.39, 0.29) is 5.56 Å². The van der Waals surface area contributed by atoms with Gasteiger partial charge in [0.05, 0.1) is 11.6 Å². The molecule has 0 saturated heterocycles. The van der Waals surface area contributed by atoms with Gasteiger partial charge in [0.25, 0.3) is 0 Å². The molecule has 5 nitrogen and oxygen atoms in total. The van der Waals surface area contributed by atoms with Crippen LogP contribution in [-0.4, -0.2) is 17.7 Å². The van der Waals surface area contributed by atoms with Crippen LogP contribution in [0.3, 0.4) is 0 Å². The van der Waals surface area contributed by atoms with Gasteiger partial charge in [-0.05, 0) is 31.2 Å². The highest BCUT2D eigenvalue weighted by atomic mass is 16.7. The molecular formula is C14H14NO4+. The molecular weight excluding hydrogens is 246 g/mol. The third-order valence-corrected chi connectivity index (χ3v) is 2.36. The molecule has 0 amide bonds. The number of rotatable bonds is 5. The standard InChI is InChI=1S/C14H13NO4/c1-2-18-15-9-4-3-8-13(15)19-12-7-5-6-11(10-12)14(16)17/h3-10H,2H2,1H3/p+1. The molecule has 0 radical (unpaired) electrons. The van der Waals surface area contributed by atoms with Crippen molar-refractivity contribution in [3.8, 4) is 11.6 Å². The molecule has 1 aromatic heterocycles. The number of aromatic nitrogens is 1. The molecule has 0 saturated carbocycles. The first kappa shape index (κ1) is 12.9. The second-order valence-corrected chi connectivity index (χ2v) is 3.72. The number of carboxylic acid groups (broad SMARTS) is 1. The number of hydrogen-bond acceptors (Lipinski definition) is 3. The van der Waals surface area contributed by atoms with Crippen LogP contribution < -0.4 is 14.3 Å². The minimum Gasteiger partial charge on any atom is -0.478 e. The first-order valence-corrected chi connectivity index (χ1v) is 5.86. The van der Waals surface area contributed by atoms with Crippen molar-refractivity contribution < 1.29 is 24.2 Å². The van der Waals surface area contributed by atoms with E-state index in [4.69, 9.17) is 14.7 Å². The first-order chi connectivity index (χ1) is 9.20. The largest absolute Gasteiger partial charge is 0.478 e. The quantitative estimate of drug-likeness (QED) is 0.834. The Bertz CT molecular complexity index is 583. The van der Waals surface area contributed by atoms with E-state index < -0.39 is 5.97 Å². The van der Waals surface area contributed by atoms with Crippen LogP contribution in [0.15, 0.2) is 48.7 Å². The molecule has 0 fully saturated rings. The maximum atomic E-state index is 10.9. The van der Waals surface area contributed by atoms with Crippen molar-refractivity contribution in [2.75, 3.05) is 6.61 Å². The van der Waals surface area contributed by atoms with Gasteiger partial charge in [0.15, 0.2) is 6.61 Å². The maximum Gasteiger partial charge on any atom is 0.422 e. The molecule has 1 aromatic carbocycles. The Morgan fingerprint density at radius 2 is 2.11 bits per heavy atom. The second kappa shape index (κ2) is 5.86. The fraction of sp³-hybridized carbons (Fsp3) is 0.143. The van der Waals surface area contributed by atoms with Gasteiger partial charge in [-0.25, -0.2) is 4.79 Å². The third kappa shape index (κ3) is 3.22. The number of hydrogen-bond donors (Lipinski definition) is 1. The van der Waals surface area contributed by atoms with Crippen LogP contribution in [0, 0.1) is 0 Å². The lowest BCUT2D eigenvalue weighted by atomic mass is 10.2. The summed E-state index contributed by atoms with van der Waals surface area (Å²) in [6.07, 6.45) is 1.72. The van der Waals surface area contributed by atoms with E-state index in [1.807, 2.05) is 19.1 Å². The van der Waals surface area contributed by atoms with Gasteiger partial charge in [-0.2, -0.15) is 0 Å². The molecule has 0 aliphatic rings. The topological polar surface area (TPSA) is 59.6 Å². The predicted molar refractivity (Wildman–Crippen MR) is 67.2 cm³/mol. The molecule has 19 heavy (non-hydrogen) atoms. The third-order valence-electron chi connectivity index (χ3n) is 2.36. The summed E-state index contributed by atoms with van der Waals surface area (Å²) < 4.78 is 7.12. The van der Waals surface area contributed by atoms with E-state index in [0.29, 0.717) is 18.2 Å². The molecule has 1 heterocycles. The lowest BCUT2D eigenvalue weighted by Gasteiger charge is -2.04. The van der Waals surface area contributed by atoms with Gasteiger partial charge < -0.3 is 9.84 Å². The molecule has 0 atom stereocenters. The van der Waals surface area contributed by atoms with E-state index in [0.717, 1.165) is 0 Å². The van der Waals surface area contributed by atoms with Gasteiger partial charge in [-0.15, -0.1) is 0 Å². The number of carboxylic acids is 1. The number of ether oxygens (including phenoxy) is 1. The van der Waals surface area contributed by atoms with E-state index in [1.54, 1.807) is 24.4 Å². The predicted octanol–water partition coefficient (Wildman–Crippen LogP) is 1.91. The number of nitrogens with zero attached hydrogens (tertiary/aromatic N) is 1. The lowest BCUT2D eigenvalue weighted by Crippen LogP contribution is -2.43. The Morgan fingerprint density at radius 1 is 1.26 bits per heavy atom. The molecule has 0 unspecified atom stereocenters. The molecule has 0 spiro atoms. The Hall–Kier alpha value is -2.56. The Balaban J connectivity index is 2.26. The monoisotopic (exact) mass is 260 g/mol. The van der Waals surface area contributed by atoms with Crippen molar-refractivity contribution in [1.82, 2.24) is 0 Å². The minimum atomic E-state index is -0.990. The van der Waals surface area contributed by atoms with Gasteiger partial charge in [-0.3, -0.25) is 4.84 Å². The zero-order valence-corrected chi connectivity index (χ0v) is 10.4. The second-order valence-electron chi connectivity index (χ2n) is 3.72. The maximum absolute atomic E-state index is 10.9. The average Bonchev–Trinajstić information content (AvgIpc) is 2.41. The van der Waals surface area contributed by atoms with Gasteiger partial charge in [0.2, 0.25) is 6.20 Å². The molecule has 0 bridgehead atoms. The van der Waals surface area contributed by atoms with Gasteiger partial charge in [0, 0.05) is 10.8 Å². The van der Waals surface area contributed by atoms with Crippen LogP contribution in [0.2, 0.25) is 0 Å². The molecule has 5 heteroatoms. The summed E-state index contributed by atoms with van der Waals surface area (Å²) in [6.45, 7) is 2.37. The van der Waals surface area contributed by atoms with Gasteiger partial charge >= 0.3 is 11.8 Å². The zero-order chi connectivity index (χ0) is 13.7. The summed E-state index contributed by atoms with van der Waals surface area (Å²) in [5.41, 5.74) is 0.177. The summed E-state index contributed by atoms with van der Waals surface area (Å²) in [5.74, 6) is -0.0670. The van der Waals surface area contributed by atoms with Gasteiger partial charge in [-0.1, -0.05) is 6.07 Å². The van der Waals surface area contributed by atoms with E-state index >= 15 is 0 Å². The van der Waals surface area contributed by atoms with Crippen LogP contribution in [0.25, 0.3) is 0 Å². The van der Waals surface area contributed by atoms with Crippen molar-refractivity contribution in [3.05, 3.63) is 54.2 Å². The highest BCUT2D eigenvalue weighted by molar-refractivity contribution is 5.88. The molecule has 2 rings (SSSR count). The molecule has 1 N–H and O–H groups in total. The van der Waals surface area contributed by atoms with Crippen LogP contribution in [-0.2, 0) is 0 Å². The fourth-order valence-corrected chi connectivity index (χ4v) is 1.55. The molecule has 98 valence electrons. The SMILES string of the molecule is CCO[n+]1ccccc1Oc1cccc(C(=O)O)c1. The highest BCUT2D eigenvalue weighted by Gasteiger charge is 2.14. The number of aromatic carboxylic acids is 1. The summed E-state index contributed by atoms with van der Waals surface area (Å²) >= 11 is 0. The van der Waals surface area contributed by atoms with E-state index in [9.17, 15) is 4.79 Å². The lowest BCUT2D eigenvalue weighted by molar-refractivity contribution is -0.892. The molecule has 0 aliphatic heterocycles. The summed E-state index contributed by atoms with van der Waals surface area (Å²) in [7, 11) is 0. The Kier molecular flexibility index (Phi) is 3.97. The van der Waals surface area contributed by atoms with Crippen molar-refractivity contribution in [2.24, 2.45) is 0 Å². The average molecular weight is 260 g/mol. The Morgan fingerprint density at radius 3 is 2.84 bits per heavy atom. The van der Waals surface area contributed by atoms with Crippen LogP contribution in [0.1, 0.15) is 17.3 Å². The minimum absolute atomic E-state index is 0.177. The van der Waals surface area contributed by atoms with Crippen molar-refractivity contribution >= 4 is 5.97 Å². The number of benzene rings is 1. The molecule has 0 aliphatic carbocycles. The number of carbonyl (C=O) groups is 1. The summed E-state index contributed by atoms with van der Waals surface area (Å²) in [6, 6.07) is 11.7. The summed E-state index contributed by atoms with van der Waals surface area (Å²) in [4.78, 5) is 16.3. The Labute approximate surface area is 110 Å². The smallest absolute Gasteiger partial charge is 0.422 e. The van der Waals surface area contributed by atoms with Crippen molar-refractivity contribution in [1.29, 1.82) is 0 Å². The number of pyridine rings is 1.